The van der Waals surface area contributed by atoms with E-state index < -0.39 is 8.32 Å². The van der Waals surface area contributed by atoms with Crippen LogP contribution in [0.3, 0.4) is 0 Å². The van der Waals surface area contributed by atoms with Gasteiger partial charge in [0.2, 0.25) is 8.32 Å². The molecule has 1 amide bonds. The Morgan fingerprint density at radius 3 is 2.14 bits per heavy atom. The number of halogens is 1. The average molecular weight is 651 g/mol. The Bertz CT molecular complexity index is 1310. The van der Waals surface area contributed by atoms with Gasteiger partial charge in [-0.15, -0.1) is 0 Å². The summed E-state index contributed by atoms with van der Waals surface area (Å²) in [6.07, 6.45) is 2.10. The highest BCUT2D eigenvalue weighted by Gasteiger charge is 2.39. The number of hydrogen-bond donors (Lipinski definition) is 0. The summed E-state index contributed by atoms with van der Waals surface area (Å²) in [7, 11) is -2.01. The third-order valence-corrected chi connectivity index (χ3v) is 14.0. The molecule has 1 aliphatic rings. The highest BCUT2D eigenvalue weighted by atomic mass is 79.9. The molecular formula is C35H48BrN3O2Si. The molecule has 5 nitrogen and oxygen atoms in total. The van der Waals surface area contributed by atoms with Crippen LogP contribution in [-0.4, -0.2) is 56.2 Å². The number of anilines is 2. The van der Waals surface area contributed by atoms with Gasteiger partial charge >= 0.3 is 0 Å². The van der Waals surface area contributed by atoms with Crippen molar-refractivity contribution in [1.82, 2.24) is 9.80 Å². The number of rotatable bonds is 10. The van der Waals surface area contributed by atoms with Crippen molar-refractivity contribution in [3.8, 4) is 5.75 Å². The van der Waals surface area contributed by atoms with E-state index in [1.807, 2.05) is 30.9 Å². The number of benzene rings is 3. The molecule has 7 heteroatoms. The molecule has 1 heterocycles. The SMILES string of the molecule is CCN(CC)C(=O)c1ccc(N(c2cc(O[Si](C)(C)C(C)(C)C)ccc2Br)C2CCN(Cc3ccccc3)CC2)cc1. The largest absolute Gasteiger partial charge is 0.543 e. The summed E-state index contributed by atoms with van der Waals surface area (Å²) < 4.78 is 7.80. The highest BCUT2D eigenvalue weighted by Crippen LogP contribution is 2.42. The van der Waals surface area contributed by atoms with Crippen LogP contribution in [0.15, 0.2) is 77.3 Å². The molecule has 0 bridgehead atoms. The Labute approximate surface area is 263 Å². The van der Waals surface area contributed by atoms with E-state index in [1.54, 1.807) is 0 Å². The Balaban J connectivity index is 1.65. The van der Waals surface area contributed by atoms with Crippen molar-refractivity contribution in [2.75, 3.05) is 31.1 Å². The maximum atomic E-state index is 13.0. The molecule has 0 atom stereocenters. The zero-order chi connectivity index (χ0) is 30.5. The molecule has 0 saturated carbocycles. The van der Waals surface area contributed by atoms with Crippen LogP contribution in [-0.2, 0) is 6.54 Å². The highest BCUT2D eigenvalue weighted by molar-refractivity contribution is 9.10. The van der Waals surface area contributed by atoms with Crippen LogP contribution >= 0.6 is 15.9 Å². The normalized spacial score (nSPS) is 15.0. The van der Waals surface area contributed by atoms with Gasteiger partial charge in [-0.2, -0.15) is 0 Å². The van der Waals surface area contributed by atoms with Crippen LogP contribution in [0.4, 0.5) is 11.4 Å². The predicted octanol–water partition coefficient (Wildman–Crippen LogP) is 9.12. The van der Waals surface area contributed by atoms with E-state index in [-0.39, 0.29) is 10.9 Å². The molecule has 3 aromatic carbocycles. The zero-order valence-corrected chi connectivity index (χ0v) is 29.1. The van der Waals surface area contributed by atoms with Crippen LogP contribution in [0, 0.1) is 0 Å². The number of piperidine rings is 1. The van der Waals surface area contributed by atoms with E-state index in [9.17, 15) is 4.79 Å². The maximum absolute atomic E-state index is 13.0. The first kappa shape index (κ1) is 32.3. The Kier molecular flexibility index (Phi) is 10.6. The standard InChI is InChI=1S/C35H48BrN3O2Si/c1-8-38(9-2)34(40)28-15-17-29(18-16-28)39(30-21-23-37(24-22-30)26-27-13-11-10-12-14-27)33-25-31(19-20-32(33)36)41-42(6,7)35(3,4)5/h10-20,25,30H,8-9,21-24,26H2,1-7H3. The Morgan fingerprint density at radius 2 is 1.57 bits per heavy atom. The molecule has 0 aromatic heterocycles. The first-order chi connectivity index (χ1) is 19.9. The summed E-state index contributed by atoms with van der Waals surface area (Å²) in [6.45, 7) is 19.9. The van der Waals surface area contributed by atoms with Gasteiger partial charge in [0, 0.05) is 60.6 Å². The van der Waals surface area contributed by atoms with Crippen LogP contribution in [0.2, 0.25) is 18.1 Å². The summed E-state index contributed by atoms with van der Waals surface area (Å²) in [5.74, 6) is 0.998. The van der Waals surface area contributed by atoms with Gasteiger partial charge in [-0.05, 0) is 103 Å². The van der Waals surface area contributed by atoms with Crippen LogP contribution in [0.25, 0.3) is 0 Å². The molecular weight excluding hydrogens is 602 g/mol. The smallest absolute Gasteiger partial charge is 0.253 e. The third-order valence-electron chi connectivity index (χ3n) is 8.97. The summed E-state index contributed by atoms with van der Waals surface area (Å²) in [6, 6.07) is 25.7. The molecule has 1 fully saturated rings. The summed E-state index contributed by atoms with van der Waals surface area (Å²) in [5, 5.41) is 0.110. The van der Waals surface area contributed by atoms with Crippen LogP contribution in [0.1, 0.15) is 63.4 Å². The minimum Gasteiger partial charge on any atom is -0.543 e. The third kappa shape index (κ3) is 7.66. The van der Waals surface area contributed by atoms with Gasteiger partial charge in [-0.25, -0.2) is 0 Å². The molecule has 0 N–H and O–H groups in total. The molecule has 42 heavy (non-hydrogen) atoms. The van der Waals surface area contributed by atoms with Crippen molar-refractivity contribution in [2.45, 2.75) is 78.2 Å². The number of hydrogen-bond acceptors (Lipinski definition) is 4. The monoisotopic (exact) mass is 649 g/mol. The second-order valence-corrected chi connectivity index (χ2v) is 18.4. The lowest BCUT2D eigenvalue weighted by Crippen LogP contribution is -2.44. The second kappa shape index (κ2) is 13.8. The Morgan fingerprint density at radius 1 is 0.952 bits per heavy atom. The average Bonchev–Trinajstić information content (AvgIpc) is 2.96. The fourth-order valence-electron chi connectivity index (χ4n) is 5.37. The van der Waals surface area contributed by atoms with Crippen LogP contribution in [0.5, 0.6) is 5.75 Å². The van der Waals surface area contributed by atoms with Gasteiger partial charge in [-0.3, -0.25) is 9.69 Å². The maximum Gasteiger partial charge on any atom is 0.253 e. The minimum atomic E-state index is -2.01. The van der Waals surface area contributed by atoms with Gasteiger partial charge < -0.3 is 14.2 Å². The first-order valence-corrected chi connectivity index (χ1v) is 19.1. The van der Waals surface area contributed by atoms with E-state index in [4.69, 9.17) is 4.43 Å². The van der Waals surface area contributed by atoms with E-state index in [0.717, 1.165) is 59.6 Å². The predicted molar refractivity (Wildman–Crippen MR) is 183 cm³/mol. The summed E-state index contributed by atoms with van der Waals surface area (Å²) in [5.41, 5.74) is 4.29. The fraction of sp³-hybridized carbons (Fsp3) is 0.457. The van der Waals surface area contributed by atoms with Gasteiger partial charge in [0.1, 0.15) is 5.75 Å². The lowest BCUT2D eigenvalue weighted by atomic mass is 10.00. The number of likely N-dealkylation sites (tertiary alicyclic amines) is 1. The van der Waals surface area contributed by atoms with E-state index >= 15 is 0 Å². The lowest BCUT2D eigenvalue weighted by molar-refractivity contribution is 0.0773. The first-order valence-electron chi connectivity index (χ1n) is 15.4. The van der Waals surface area contributed by atoms with E-state index in [0.29, 0.717) is 19.1 Å². The van der Waals surface area contributed by atoms with Crippen molar-refractivity contribution in [2.24, 2.45) is 0 Å². The number of carbonyl (C=O) groups is 1. The molecule has 1 saturated heterocycles. The van der Waals surface area contributed by atoms with E-state index in [1.165, 1.54) is 5.56 Å². The summed E-state index contributed by atoms with van der Waals surface area (Å²) >= 11 is 3.89. The fourth-order valence-corrected chi connectivity index (χ4v) is 6.83. The molecule has 1 aliphatic heterocycles. The molecule has 0 radical (unpaired) electrons. The van der Waals surface area contributed by atoms with Gasteiger partial charge in [-0.1, -0.05) is 51.1 Å². The minimum absolute atomic E-state index is 0.0817. The van der Waals surface area contributed by atoms with Crippen molar-refractivity contribution in [3.05, 3.63) is 88.4 Å². The number of carbonyl (C=O) groups excluding carboxylic acids is 1. The second-order valence-electron chi connectivity index (χ2n) is 12.9. The molecule has 4 rings (SSSR count). The van der Waals surface area contributed by atoms with Crippen molar-refractivity contribution in [3.63, 3.8) is 0 Å². The van der Waals surface area contributed by atoms with Gasteiger partial charge in [0.05, 0.1) is 5.69 Å². The molecule has 0 aliphatic carbocycles. The molecule has 0 spiro atoms. The topological polar surface area (TPSA) is 36.0 Å². The molecule has 226 valence electrons. The zero-order valence-electron chi connectivity index (χ0n) is 26.5. The van der Waals surface area contributed by atoms with E-state index in [2.05, 4.69) is 120 Å². The van der Waals surface area contributed by atoms with Crippen molar-refractivity contribution >= 4 is 41.5 Å². The van der Waals surface area contributed by atoms with Gasteiger partial charge in [0.25, 0.3) is 5.91 Å². The Hall–Kier alpha value is -2.61. The van der Waals surface area contributed by atoms with Crippen LogP contribution < -0.4 is 9.33 Å². The van der Waals surface area contributed by atoms with Crippen molar-refractivity contribution in [1.29, 1.82) is 0 Å². The van der Waals surface area contributed by atoms with Gasteiger partial charge in [0.15, 0.2) is 0 Å². The molecule has 3 aromatic rings. The quantitative estimate of drug-likeness (QED) is 0.205. The summed E-state index contributed by atoms with van der Waals surface area (Å²) in [4.78, 5) is 19.9. The van der Waals surface area contributed by atoms with Crippen molar-refractivity contribution < 1.29 is 9.22 Å². The number of nitrogens with zero attached hydrogens (tertiary/aromatic N) is 3. The lowest BCUT2D eigenvalue weighted by Gasteiger charge is -2.41. The molecule has 0 unspecified atom stereocenters. The number of amides is 1.